The number of guanidine groups is 1. The van der Waals surface area contributed by atoms with Crippen molar-refractivity contribution >= 4 is 29.9 Å². The van der Waals surface area contributed by atoms with E-state index in [9.17, 15) is 0 Å². The van der Waals surface area contributed by atoms with E-state index in [1.807, 2.05) is 36.1 Å². The zero-order valence-electron chi connectivity index (χ0n) is 16.9. The topological polar surface area (TPSA) is 63.9 Å². The molecule has 0 amide bonds. The standard InChI is InChI=1S/C21H29N5O2.HI/c1-22-21(25-11-13-28-20(16-25)19-8-5-12-27-19)23-10-9-17-14-24-26(15-17)18-6-3-2-4-7-18;/h2-4,6-7,14-15,19-20H,5,8-13,16H2,1H3,(H,22,23);1H. The van der Waals surface area contributed by atoms with E-state index in [1.54, 1.807) is 0 Å². The maximum atomic E-state index is 5.94. The number of ether oxygens (including phenoxy) is 2. The molecule has 0 bridgehead atoms. The summed E-state index contributed by atoms with van der Waals surface area (Å²) in [6.45, 7) is 4.07. The predicted octanol–water partition coefficient (Wildman–Crippen LogP) is 2.49. The number of aliphatic imine (C=N–C) groups is 1. The first-order valence-corrected chi connectivity index (χ1v) is 10.1. The molecular formula is C21H30IN5O2. The van der Waals surface area contributed by atoms with Gasteiger partial charge in [-0.25, -0.2) is 4.68 Å². The number of para-hydroxylation sites is 1. The van der Waals surface area contributed by atoms with Crippen LogP contribution >= 0.6 is 24.0 Å². The van der Waals surface area contributed by atoms with Gasteiger partial charge in [0, 0.05) is 39.5 Å². The zero-order valence-corrected chi connectivity index (χ0v) is 19.2. The van der Waals surface area contributed by atoms with E-state index in [-0.39, 0.29) is 36.2 Å². The third-order valence-electron chi connectivity index (χ3n) is 5.34. The van der Waals surface area contributed by atoms with Gasteiger partial charge in [0.25, 0.3) is 0 Å². The average molecular weight is 511 g/mol. The van der Waals surface area contributed by atoms with Crippen molar-refractivity contribution in [1.82, 2.24) is 20.0 Å². The van der Waals surface area contributed by atoms with Gasteiger partial charge in [0.15, 0.2) is 5.96 Å². The van der Waals surface area contributed by atoms with Crippen LogP contribution in [0.1, 0.15) is 18.4 Å². The molecule has 3 heterocycles. The SMILES string of the molecule is CN=C(NCCc1cnn(-c2ccccc2)c1)N1CCOC(C2CCCO2)C1.I. The van der Waals surface area contributed by atoms with Crippen LogP contribution in [-0.4, -0.2) is 72.7 Å². The first kappa shape index (κ1) is 22.0. The zero-order chi connectivity index (χ0) is 19.2. The van der Waals surface area contributed by atoms with E-state index in [0.29, 0.717) is 0 Å². The molecule has 2 saturated heterocycles. The Morgan fingerprint density at radius 1 is 1.21 bits per heavy atom. The highest BCUT2D eigenvalue weighted by molar-refractivity contribution is 14.0. The van der Waals surface area contributed by atoms with E-state index in [4.69, 9.17) is 9.47 Å². The Kier molecular flexibility index (Phi) is 8.31. The van der Waals surface area contributed by atoms with Crippen molar-refractivity contribution in [2.75, 3.05) is 39.9 Å². The summed E-state index contributed by atoms with van der Waals surface area (Å²) in [5.74, 6) is 0.932. The quantitative estimate of drug-likeness (QED) is 0.380. The highest BCUT2D eigenvalue weighted by Crippen LogP contribution is 2.21. The van der Waals surface area contributed by atoms with Crippen molar-refractivity contribution in [2.45, 2.75) is 31.5 Å². The number of aromatic nitrogens is 2. The molecule has 2 unspecified atom stereocenters. The van der Waals surface area contributed by atoms with Gasteiger partial charge in [0.2, 0.25) is 0 Å². The van der Waals surface area contributed by atoms with E-state index < -0.39 is 0 Å². The Bertz CT molecular complexity index is 776. The Morgan fingerprint density at radius 3 is 2.79 bits per heavy atom. The number of nitrogens with one attached hydrogen (secondary N) is 1. The molecule has 2 fully saturated rings. The van der Waals surface area contributed by atoms with Crippen LogP contribution in [0.3, 0.4) is 0 Å². The van der Waals surface area contributed by atoms with E-state index in [1.165, 1.54) is 5.56 Å². The van der Waals surface area contributed by atoms with Crippen LogP contribution in [0, 0.1) is 0 Å². The van der Waals surface area contributed by atoms with Gasteiger partial charge in [-0.3, -0.25) is 4.99 Å². The number of hydrogen-bond acceptors (Lipinski definition) is 4. The van der Waals surface area contributed by atoms with Gasteiger partial charge in [0.05, 0.1) is 24.6 Å². The lowest BCUT2D eigenvalue weighted by atomic mass is 10.1. The van der Waals surface area contributed by atoms with Crippen molar-refractivity contribution in [3.63, 3.8) is 0 Å². The van der Waals surface area contributed by atoms with E-state index in [0.717, 1.165) is 63.8 Å². The van der Waals surface area contributed by atoms with Crippen molar-refractivity contribution in [3.05, 3.63) is 48.3 Å². The largest absolute Gasteiger partial charge is 0.375 e. The molecule has 1 aromatic heterocycles. The van der Waals surface area contributed by atoms with Gasteiger partial charge in [-0.05, 0) is 37.0 Å². The molecule has 158 valence electrons. The average Bonchev–Trinajstić information content (AvgIpc) is 3.44. The van der Waals surface area contributed by atoms with Gasteiger partial charge in [-0.1, -0.05) is 18.2 Å². The number of rotatable bonds is 5. The van der Waals surface area contributed by atoms with Crippen LogP contribution in [0.4, 0.5) is 0 Å². The van der Waals surface area contributed by atoms with Crippen molar-refractivity contribution < 1.29 is 9.47 Å². The predicted molar refractivity (Wildman–Crippen MR) is 124 cm³/mol. The third kappa shape index (κ3) is 5.70. The fraction of sp³-hybridized carbons (Fsp3) is 0.524. The fourth-order valence-electron chi connectivity index (χ4n) is 3.85. The molecule has 2 atom stereocenters. The number of hydrogen-bond donors (Lipinski definition) is 1. The molecule has 0 radical (unpaired) electrons. The molecule has 0 spiro atoms. The molecule has 2 aromatic rings. The minimum absolute atomic E-state index is 0. The van der Waals surface area contributed by atoms with Gasteiger partial charge in [-0.2, -0.15) is 5.10 Å². The van der Waals surface area contributed by atoms with Crippen LogP contribution in [0.15, 0.2) is 47.7 Å². The van der Waals surface area contributed by atoms with Crippen LogP contribution in [0.5, 0.6) is 0 Å². The summed E-state index contributed by atoms with van der Waals surface area (Å²) < 4.78 is 13.7. The molecule has 29 heavy (non-hydrogen) atoms. The third-order valence-corrected chi connectivity index (χ3v) is 5.34. The second kappa shape index (κ2) is 10.9. The Hall–Kier alpha value is -1.65. The van der Waals surface area contributed by atoms with Gasteiger partial charge < -0.3 is 19.7 Å². The number of benzene rings is 1. The Labute approximate surface area is 189 Å². The highest BCUT2D eigenvalue weighted by atomic mass is 127. The van der Waals surface area contributed by atoms with Crippen molar-refractivity contribution in [2.24, 2.45) is 4.99 Å². The van der Waals surface area contributed by atoms with Crippen molar-refractivity contribution in [1.29, 1.82) is 0 Å². The number of halogens is 1. The van der Waals surface area contributed by atoms with Gasteiger partial charge in [0.1, 0.15) is 6.10 Å². The minimum atomic E-state index is 0. The normalized spacial score (nSPS) is 22.4. The summed E-state index contributed by atoms with van der Waals surface area (Å²) in [6, 6.07) is 10.2. The summed E-state index contributed by atoms with van der Waals surface area (Å²) in [6.07, 6.45) is 7.50. The van der Waals surface area contributed by atoms with Crippen LogP contribution in [-0.2, 0) is 15.9 Å². The Balaban J connectivity index is 0.00000240. The fourth-order valence-corrected chi connectivity index (χ4v) is 3.85. The Morgan fingerprint density at radius 2 is 2.03 bits per heavy atom. The lowest BCUT2D eigenvalue weighted by Crippen LogP contribution is -2.53. The second-order valence-corrected chi connectivity index (χ2v) is 7.26. The maximum absolute atomic E-state index is 5.94. The molecule has 4 rings (SSSR count). The minimum Gasteiger partial charge on any atom is -0.375 e. The summed E-state index contributed by atoms with van der Waals surface area (Å²) in [4.78, 5) is 6.75. The van der Waals surface area contributed by atoms with E-state index >= 15 is 0 Å². The van der Waals surface area contributed by atoms with Crippen LogP contribution in [0.2, 0.25) is 0 Å². The maximum Gasteiger partial charge on any atom is 0.193 e. The molecule has 0 aliphatic carbocycles. The molecule has 1 N–H and O–H groups in total. The highest BCUT2D eigenvalue weighted by Gasteiger charge is 2.32. The molecular weight excluding hydrogens is 481 g/mol. The molecule has 2 aliphatic rings. The first-order valence-electron chi connectivity index (χ1n) is 10.1. The van der Waals surface area contributed by atoms with E-state index in [2.05, 4.69) is 38.6 Å². The number of morpholine rings is 1. The summed E-state index contributed by atoms with van der Waals surface area (Å²) in [5.41, 5.74) is 2.28. The molecule has 2 aliphatic heterocycles. The monoisotopic (exact) mass is 511 g/mol. The summed E-state index contributed by atoms with van der Waals surface area (Å²) in [7, 11) is 1.84. The van der Waals surface area contributed by atoms with Crippen molar-refractivity contribution in [3.8, 4) is 5.69 Å². The lowest BCUT2D eigenvalue weighted by molar-refractivity contribution is -0.0816. The van der Waals surface area contributed by atoms with Gasteiger partial charge in [-0.15, -0.1) is 24.0 Å². The summed E-state index contributed by atoms with van der Waals surface area (Å²) >= 11 is 0. The van der Waals surface area contributed by atoms with Crippen LogP contribution < -0.4 is 5.32 Å². The molecule has 1 aromatic carbocycles. The molecule has 8 heteroatoms. The first-order chi connectivity index (χ1) is 13.8. The smallest absolute Gasteiger partial charge is 0.193 e. The molecule has 0 saturated carbocycles. The second-order valence-electron chi connectivity index (χ2n) is 7.26. The lowest BCUT2D eigenvalue weighted by Gasteiger charge is -2.37. The molecule has 7 nitrogen and oxygen atoms in total. The summed E-state index contributed by atoms with van der Waals surface area (Å²) in [5, 5.41) is 7.96. The van der Waals surface area contributed by atoms with Gasteiger partial charge >= 0.3 is 0 Å². The number of nitrogens with zero attached hydrogens (tertiary/aromatic N) is 4. The van der Waals surface area contributed by atoms with Crippen LogP contribution in [0.25, 0.3) is 5.69 Å².